The third-order valence-corrected chi connectivity index (χ3v) is 4.85. The predicted octanol–water partition coefficient (Wildman–Crippen LogP) is 2.17. The quantitative estimate of drug-likeness (QED) is 0.882. The van der Waals surface area contributed by atoms with Crippen LogP contribution in [0.25, 0.3) is 0 Å². The van der Waals surface area contributed by atoms with Gasteiger partial charge in [0.2, 0.25) is 0 Å². The molecule has 2 aromatic heterocycles. The summed E-state index contributed by atoms with van der Waals surface area (Å²) in [6.07, 6.45) is 4.64. The maximum Gasteiger partial charge on any atom is 0.326 e. The molecule has 7 nitrogen and oxygen atoms in total. The van der Waals surface area contributed by atoms with Gasteiger partial charge < -0.3 is 14.4 Å². The molecule has 1 fully saturated rings. The molecule has 0 saturated carbocycles. The molecular formula is C19H23N3O4. The zero-order valence-electron chi connectivity index (χ0n) is 15.0. The highest BCUT2D eigenvalue weighted by Crippen LogP contribution is 2.25. The number of hydrogen-bond acceptors (Lipinski definition) is 5. The number of pyridine rings is 1. The molecule has 1 N–H and O–H groups in total. The highest BCUT2D eigenvalue weighted by molar-refractivity contribution is 5.94. The molecule has 2 atom stereocenters. The number of carbonyl (C=O) groups is 2. The van der Waals surface area contributed by atoms with E-state index in [-0.39, 0.29) is 17.7 Å². The normalized spacial score (nSPS) is 20.3. The van der Waals surface area contributed by atoms with Crippen LogP contribution in [0.4, 0.5) is 0 Å². The molecule has 3 rings (SSSR count). The van der Waals surface area contributed by atoms with Crippen molar-refractivity contribution in [3.05, 3.63) is 53.7 Å². The monoisotopic (exact) mass is 357 g/mol. The Hall–Kier alpha value is -2.67. The van der Waals surface area contributed by atoms with Crippen LogP contribution in [0.5, 0.6) is 0 Å². The van der Waals surface area contributed by atoms with Crippen molar-refractivity contribution in [3.8, 4) is 0 Å². The lowest BCUT2D eigenvalue weighted by Crippen LogP contribution is -2.54. The highest BCUT2D eigenvalue weighted by Gasteiger charge is 2.38. The van der Waals surface area contributed by atoms with Gasteiger partial charge in [0, 0.05) is 31.5 Å². The summed E-state index contributed by atoms with van der Waals surface area (Å²) in [5, 5.41) is 9.65. The van der Waals surface area contributed by atoms with Crippen LogP contribution in [0.1, 0.15) is 34.7 Å². The summed E-state index contributed by atoms with van der Waals surface area (Å²) in [6, 6.07) is 6.40. The van der Waals surface area contributed by atoms with Crippen molar-refractivity contribution in [2.24, 2.45) is 0 Å². The lowest BCUT2D eigenvalue weighted by Gasteiger charge is -2.40. The van der Waals surface area contributed by atoms with E-state index in [4.69, 9.17) is 4.42 Å². The topological polar surface area (TPSA) is 86.9 Å². The largest absolute Gasteiger partial charge is 0.480 e. The molecule has 26 heavy (non-hydrogen) atoms. The first-order valence-electron chi connectivity index (χ1n) is 8.65. The number of piperidine rings is 1. The minimum atomic E-state index is -0.985. The van der Waals surface area contributed by atoms with Crippen LogP contribution >= 0.6 is 0 Å². The summed E-state index contributed by atoms with van der Waals surface area (Å²) in [5.74, 6) is -0.526. The van der Waals surface area contributed by atoms with Gasteiger partial charge >= 0.3 is 5.97 Å². The van der Waals surface area contributed by atoms with Crippen LogP contribution in [0.3, 0.4) is 0 Å². The summed E-state index contributed by atoms with van der Waals surface area (Å²) in [6.45, 7) is 2.83. The van der Waals surface area contributed by atoms with E-state index in [9.17, 15) is 14.7 Å². The standard InChI is InChI=1S/C19H23N3O4/c1-13-5-6-17(26-13)18(23)22-9-7-15(10-16(22)19(24)25)21(2)12-14-4-3-8-20-11-14/h3-6,8,11,15-16H,7,9-10,12H2,1-2H3,(H,24,25)/t15-,16+/m0/s1. The second-order valence-corrected chi connectivity index (χ2v) is 6.72. The van der Waals surface area contributed by atoms with E-state index < -0.39 is 12.0 Å². The minimum absolute atomic E-state index is 0.0821. The zero-order chi connectivity index (χ0) is 18.7. The fourth-order valence-corrected chi connectivity index (χ4v) is 3.42. The second-order valence-electron chi connectivity index (χ2n) is 6.72. The van der Waals surface area contributed by atoms with Crippen LogP contribution < -0.4 is 0 Å². The number of carboxylic acids is 1. The van der Waals surface area contributed by atoms with Crippen molar-refractivity contribution in [1.82, 2.24) is 14.8 Å². The Morgan fingerprint density at radius 2 is 2.19 bits per heavy atom. The van der Waals surface area contributed by atoms with Crippen molar-refractivity contribution < 1.29 is 19.1 Å². The van der Waals surface area contributed by atoms with E-state index in [1.165, 1.54) is 4.90 Å². The summed E-state index contributed by atoms with van der Waals surface area (Å²) in [7, 11) is 1.98. The van der Waals surface area contributed by atoms with Gasteiger partial charge in [-0.15, -0.1) is 0 Å². The Morgan fingerprint density at radius 1 is 1.38 bits per heavy atom. The van der Waals surface area contributed by atoms with Gasteiger partial charge in [0.15, 0.2) is 5.76 Å². The Kier molecular flexibility index (Phi) is 5.37. The first kappa shape index (κ1) is 18.1. The van der Waals surface area contributed by atoms with Crippen LogP contribution in [0, 0.1) is 6.92 Å². The lowest BCUT2D eigenvalue weighted by molar-refractivity contribution is -0.144. The molecule has 7 heteroatoms. The fraction of sp³-hybridized carbons (Fsp3) is 0.421. The molecule has 0 bridgehead atoms. The Bertz CT molecular complexity index is 774. The number of rotatable bonds is 5. The molecule has 3 heterocycles. The SMILES string of the molecule is Cc1ccc(C(=O)N2CC[C@H](N(C)Cc3cccnc3)C[C@@H]2C(=O)O)o1. The van der Waals surface area contributed by atoms with Gasteiger partial charge in [-0.1, -0.05) is 6.07 Å². The number of hydrogen-bond donors (Lipinski definition) is 1. The van der Waals surface area contributed by atoms with Gasteiger partial charge in [0.25, 0.3) is 5.91 Å². The van der Waals surface area contributed by atoms with Gasteiger partial charge in [0.1, 0.15) is 11.8 Å². The van der Waals surface area contributed by atoms with Gasteiger partial charge in [-0.05, 0) is 50.6 Å². The minimum Gasteiger partial charge on any atom is -0.480 e. The van der Waals surface area contributed by atoms with Crippen molar-refractivity contribution in [2.75, 3.05) is 13.6 Å². The zero-order valence-corrected chi connectivity index (χ0v) is 15.0. The van der Waals surface area contributed by atoms with Crippen LogP contribution in [0.15, 0.2) is 41.1 Å². The number of carbonyl (C=O) groups excluding carboxylic acids is 1. The number of amides is 1. The number of carboxylic acid groups (broad SMARTS) is 1. The molecule has 1 amide bonds. The molecule has 2 aromatic rings. The Morgan fingerprint density at radius 3 is 2.81 bits per heavy atom. The van der Waals surface area contributed by atoms with E-state index in [0.29, 0.717) is 31.7 Å². The van der Waals surface area contributed by atoms with Crippen LogP contribution in [-0.2, 0) is 11.3 Å². The smallest absolute Gasteiger partial charge is 0.326 e. The van der Waals surface area contributed by atoms with E-state index in [0.717, 1.165) is 5.56 Å². The molecule has 0 aliphatic carbocycles. The molecule has 1 aliphatic rings. The summed E-state index contributed by atoms with van der Waals surface area (Å²) < 4.78 is 5.38. The van der Waals surface area contributed by atoms with Crippen molar-refractivity contribution in [3.63, 3.8) is 0 Å². The number of likely N-dealkylation sites (tertiary alicyclic amines) is 1. The summed E-state index contributed by atoms with van der Waals surface area (Å²) in [4.78, 5) is 32.1. The second kappa shape index (κ2) is 7.70. The molecule has 1 saturated heterocycles. The first-order chi connectivity index (χ1) is 12.5. The molecule has 0 radical (unpaired) electrons. The van der Waals surface area contributed by atoms with Gasteiger partial charge in [0.05, 0.1) is 0 Å². The third-order valence-electron chi connectivity index (χ3n) is 4.85. The van der Waals surface area contributed by atoms with E-state index in [2.05, 4.69) is 9.88 Å². The molecule has 0 unspecified atom stereocenters. The maximum absolute atomic E-state index is 12.6. The number of aliphatic carboxylic acids is 1. The molecule has 0 spiro atoms. The van der Waals surface area contributed by atoms with Crippen LogP contribution in [0.2, 0.25) is 0 Å². The van der Waals surface area contributed by atoms with Gasteiger partial charge in [-0.25, -0.2) is 4.79 Å². The molecule has 138 valence electrons. The van der Waals surface area contributed by atoms with Crippen LogP contribution in [-0.4, -0.2) is 57.4 Å². The van der Waals surface area contributed by atoms with E-state index >= 15 is 0 Å². The number of nitrogens with zero attached hydrogens (tertiary/aromatic N) is 3. The molecular weight excluding hydrogens is 334 g/mol. The Labute approximate surface area is 152 Å². The highest BCUT2D eigenvalue weighted by atomic mass is 16.4. The lowest BCUT2D eigenvalue weighted by atomic mass is 9.95. The van der Waals surface area contributed by atoms with Crippen molar-refractivity contribution in [2.45, 2.75) is 38.4 Å². The first-order valence-corrected chi connectivity index (χ1v) is 8.65. The van der Waals surface area contributed by atoms with Crippen molar-refractivity contribution in [1.29, 1.82) is 0 Å². The average molecular weight is 357 g/mol. The average Bonchev–Trinajstić information content (AvgIpc) is 3.07. The fourth-order valence-electron chi connectivity index (χ4n) is 3.42. The molecule has 1 aliphatic heterocycles. The van der Waals surface area contributed by atoms with Gasteiger partial charge in [-0.3, -0.25) is 14.7 Å². The van der Waals surface area contributed by atoms with E-state index in [1.807, 2.05) is 25.4 Å². The third kappa shape index (κ3) is 3.94. The number of furan rings is 1. The molecule has 0 aromatic carbocycles. The Balaban J connectivity index is 1.69. The summed E-state index contributed by atoms with van der Waals surface area (Å²) >= 11 is 0. The predicted molar refractivity (Wildman–Crippen MR) is 94.6 cm³/mol. The summed E-state index contributed by atoms with van der Waals surface area (Å²) in [5.41, 5.74) is 1.08. The maximum atomic E-state index is 12.6. The van der Waals surface area contributed by atoms with Gasteiger partial charge in [-0.2, -0.15) is 0 Å². The van der Waals surface area contributed by atoms with E-state index in [1.54, 1.807) is 25.3 Å². The van der Waals surface area contributed by atoms with Crippen molar-refractivity contribution >= 4 is 11.9 Å². The number of aryl methyl sites for hydroxylation is 1. The number of aromatic nitrogens is 1.